The standard InChI is InChI=1S/C14H18FN3S/c1-2-17-7-3-4-11(9-17)18-13-8-10(15)5-6-12(13)16-14(18)19/h5-6,8,11H,2-4,7,9H2,1H3,(H,16,19). The highest BCUT2D eigenvalue weighted by atomic mass is 32.1. The summed E-state index contributed by atoms with van der Waals surface area (Å²) in [6.07, 6.45) is 2.27. The third-order valence-electron chi connectivity index (χ3n) is 3.97. The van der Waals surface area contributed by atoms with Gasteiger partial charge in [0, 0.05) is 12.6 Å². The summed E-state index contributed by atoms with van der Waals surface area (Å²) in [4.78, 5) is 5.60. The summed E-state index contributed by atoms with van der Waals surface area (Å²) in [6, 6.07) is 5.15. The van der Waals surface area contributed by atoms with Crippen molar-refractivity contribution in [2.75, 3.05) is 19.6 Å². The van der Waals surface area contributed by atoms with Crippen LogP contribution in [0.4, 0.5) is 4.39 Å². The maximum Gasteiger partial charge on any atom is 0.178 e. The van der Waals surface area contributed by atoms with Crippen LogP contribution >= 0.6 is 12.2 Å². The van der Waals surface area contributed by atoms with Gasteiger partial charge in [-0.05, 0) is 56.3 Å². The third kappa shape index (κ3) is 2.32. The van der Waals surface area contributed by atoms with Crippen LogP contribution in [0.5, 0.6) is 0 Å². The summed E-state index contributed by atoms with van der Waals surface area (Å²) in [6.45, 7) is 5.38. The van der Waals surface area contributed by atoms with Gasteiger partial charge < -0.3 is 14.5 Å². The first-order chi connectivity index (χ1) is 9.19. The molecule has 2 heterocycles. The summed E-state index contributed by atoms with van der Waals surface area (Å²) >= 11 is 5.42. The molecule has 1 atom stereocenters. The van der Waals surface area contributed by atoms with Crippen molar-refractivity contribution < 1.29 is 4.39 Å². The quantitative estimate of drug-likeness (QED) is 0.851. The minimum atomic E-state index is -0.210. The fourth-order valence-electron chi connectivity index (χ4n) is 2.99. The van der Waals surface area contributed by atoms with E-state index in [-0.39, 0.29) is 5.82 Å². The van der Waals surface area contributed by atoms with E-state index in [9.17, 15) is 4.39 Å². The summed E-state index contributed by atoms with van der Waals surface area (Å²) < 4.78 is 16.3. The van der Waals surface area contributed by atoms with E-state index < -0.39 is 0 Å². The zero-order chi connectivity index (χ0) is 13.4. The largest absolute Gasteiger partial charge is 0.331 e. The molecule has 1 fully saturated rings. The summed E-state index contributed by atoms with van der Waals surface area (Å²) in [5.41, 5.74) is 1.80. The summed E-state index contributed by atoms with van der Waals surface area (Å²) in [5.74, 6) is -0.210. The fraction of sp³-hybridized carbons (Fsp3) is 0.500. The number of imidazole rings is 1. The SMILES string of the molecule is CCN1CCCC(n2c(=S)[nH]c3ccc(F)cc32)C1. The lowest BCUT2D eigenvalue weighted by Crippen LogP contribution is -2.36. The number of halogens is 1. The molecule has 0 spiro atoms. The molecule has 0 aliphatic carbocycles. The predicted molar refractivity (Wildman–Crippen MR) is 77.5 cm³/mol. The number of nitrogens with zero attached hydrogens (tertiary/aromatic N) is 2. The van der Waals surface area contributed by atoms with Gasteiger partial charge in [-0.2, -0.15) is 0 Å². The molecule has 19 heavy (non-hydrogen) atoms. The smallest absolute Gasteiger partial charge is 0.178 e. The highest BCUT2D eigenvalue weighted by Gasteiger charge is 2.22. The molecule has 3 nitrogen and oxygen atoms in total. The molecule has 0 saturated carbocycles. The maximum atomic E-state index is 13.5. The van der Waals surface area contributed by atoms with Gasteiger partial charge in [-0.25, -0.2) is 4.39 Å². The first kappa shape index (κ1) is 12.8. The second kappa shape index (κ2) is 5.06. The first-order valence-electron chi connectivity index (χ1n) is 6.81. The first-order valence-corrected chi connectivity index (χ1v) is 7.22. The summed E-state index contributed by atoms with van der Waals surface area (Å²) in [7, 11) is 0. The number of aromatic nitrogens is 2. The lowest BCUT2D eigenvalue weighted by atomic mass is 10.1. The van der Waals surface area contributed by atoms with Crippen LogP contribution in [-0.2, 0) is 0 Å². The monoisotopic (exact) mass is 279 g/mol. The molecule has 0 bridgehead atoms. The Hall–Kier alpha value is -1.20. The van der Waals surface area contributed by atoms with Crippen LogP contribution < -0.4 is 0 Å². The van der Waals surface area contributed by atoms with Gasteiger partial charge in [-0.15, -0.1) is 0 Å². The van der Waals surface area contributed by atoms with E-state index >= 15 is 0 Å². The molecule has 3 rings (SSSR count). The van der Waals surface area contributed by atoms with Crippen LogP contribution in [-0.4, -0.2) is 34.1 Å². The van der Waals surface area contributed by atoms with Gasteiger partial charge in [0.15, 0.2) is 4.77 Å². The molecule has 1 aromatic carbocycles. The Balaban J connectivity index is 2.06. The second-order valence-electron chi connectivity index (χ2n) is 5.15. The number of rotatable bonds is 2. The highest BCUT2D eigenvalue weighted by molar-refractivity contribution is 7.71. The number of benzene rings is 1. The molecule has 0 amide bonds. The Morgan fingerprint density at radius 3 is 3.11 bits per heavy atom. The van der Waals surface area contributed by atoms with Crippen molar-refractivity contribution in [2.24, 2.45) is 0 Å². The fourth-order valence-corrected chi connectivity index (χ4v) is 3.34. The van der Waals surface area contributed by atoms with E-state index in [1.165, 1.54) is 12.5 Å². The molecule has 0 radical (unpaired) electrons. The Morgan fingerprint density at radius 2 is 2.32 bits per heavy atom. The van der Waals surface area contributed by atoms with Crippen LogP contribution in [0, 0.1) is 10.6 Å². The Labute approximate surface area is 117 Å². The number of piperidine rings is 1. The zero-order valence-electron chi connectivity index (χ0n) is 11.0. The molecule has 1 aliphatic heterocycles. The molecule has 1 aliphatic rings. The van der Waals surface area contributed by atoms with Crippen molar-refractivity contribution in [1.82, 2.24) is 14.5 Å². The lowest BCUT2D eigenvalue weighted by molar-refractivity contribution is 0.186. The topological polar surface area (TPSA) is 24.0 Å². The average molecular weight is 279 g/mol. The Kier molecular flexibility index (Phi) is 3.41. The van der Waals surface area contributed by atoms with E-state index in [1.807, 2.05) is 0 Å². The molecule has 1 saturated heterocycles. The van der Waals surface area contributed by atoms with Crippen LogP contribution in [0.2, 0.25) is 0 Å². The van der Waals surface area contributed by atoms with Gasteiger partial charge in [-0.1, -0.05) is 6.92 Å². The number of likely N-dealkylation sites (tertiary alicyclic amines) is 1. The van der Waals surface area contributed by atoms with Gasteiger partial charge in [0.2, 0.25) is 0 Å². The van der Waals surface area contributed by atoms with Gasteiger partial charge in [0.05, 0.1) is 11.0 Å². The minimum Gasteiger partial charge on any atom is -0.331 e. The van der Waals surface area contributed by atoms with Gasteiger partial charge in [-0.3, -0.25) is 0 Å². The molecule has 1 aromatic heterocycles. The van der Waals surface area contributed by atoms with Crippen molar-refractivity contribution >= 4 is 23.3 Å². The van der Waals surface area contributed by atoms with Crippen molar-refractivity contribution in [1.29, 1.82) is 0 Å². The molecule has 102 valence electrons. The normalized spacial score (nSPS) is 21.1. The molecule has 1 unspecified atom stereocenters. The molecule has 5 heteroatoms. The van der Waals surface area contributed by atoms with E-state index in [2.05, 4.69) is 21.4 Å². The van der Waals surface area contributed by atoms with Crippen molar-refractivity contribution in [3.63, 3.8) is 0 Å². The van der Waals surface area contributed by atoms with Crippen LogP contribution in [0.1, 0.15) is 25.8 Å². The van der Waals surface area contributed by atoms with Crippen LogP contribution in [0.25, 0.3) is 11.0 Å². The zero-order valence-corrected chi connectivity index (χ0v) is 11.8. The molecular formula is C14H18FN3S. The number of hydrogen-bond acceptors (Lipinski definition) is 2. The number of likely N-dealkylation sites (N-methyl/N-ethyl adjacent to an activating group) is 1. The van der Waals surface area contributed by atoms with E-state index in [4.69, 9.17) is 12.2 Å². The number of hydrogen-bond donors (Lipinski definition) is 1. The van der Waals surface area contributed by atoms with Crippen molar-refractivity contribution in [2.45, 2.75) is 25.8 Å². The van der Waals surface area contributed by atoms with Crippen molar-refractivity contribution in [3.05, 3.63) is 28.8 Å². The number of nitrogens with one attached hydrogen (secondary N) is 1. The Morgan fingerprint density at radius 1 is 1.47 bits per heavy atom. The van der Waals surface area contributed by atoms with Crippen LogP contribution in [0.3, 0.4) is 0 Å². The number of H-pyrrole nitrogens is 1. The van der Waals surface area contributed by atoms with E-state index in [1.54, 1.807) is 12.1 Å². The predicted octanol–water partition coefficient (Wildman–Crippen LogP) is 3.49. The van der Waals surface area contributed by atoms with Gasteiger partial charge in [0.1, 0.15) is 5.82 Å². The van der Waals surface area contributed by atoms with Gasteiger partial charge >= 0.3 is 0 Å². The molecule has 1 N–H and O–H groups in total. The summed E-state index contributed by atoms with van der Waals surface area (Å²) in [5, 5.41) is 0. The molecular weight excluding hydrogens is 261 g/mol. The Bertz CT molecular complexity index is 646. The average Bonchev–Trinajstić information content (AvgIpc) is 2.74. The second-order valence-corrected chi connectivity index (χ2v) is 5.54. The minimum absolute atomic E-state index is 0.210. The van der Waals surface area contributed by atoms with E-state index in [0.717, 1.165) is 37.1 Å². The number of aromatic amines is 1. The molecule has 2 aromatic rings. The lowest BCUT2D eigenvalue weighted by Gasteiger charge is -2.32. The highest BCUT2D eigenvalue weighted by Crippen LogP contribution is 2.26. The maximum absolute atomic E-state index is 13.5. The van der Waals surface area contributed by atoms with Crippen molar-refractivity contribution in [3.8, 4) is 0 Å². The van der Waals surface area contributed by atoms with Gasteiger partial charge in [0.25, 0.3) is 0 Å². The number of fused-ring (bicyclic) bond motifs is 1. The van der Waals surface area contributed by atoms with E-state index in [0.29, 0.717) is 10.8 Å². The third-order valence-corrected chi connectivity index (χ3v) is 4.27. The van der Waals surface area contributed by atoms with Crippen LogP contribution in [0.15, 0.2) is 18.2 Å².